The van der Waals surface area contributed by atoms with Crippen molar-refractivity contribution < 1.29 is 9.72 Å². The molecule has 0 radical (unpaired) electrons. The van der Waals surface area contributed by atoms with Gasteiger partial charge >= 0.3 is 5.69 Å². The fraction of sp³-hybridized carbons (Fsp3) is 0.647. The zero-order valence-corrected chi connectivity index (χ0v) is 13.8. The van der Waals surface area contributed by atoms with E-state index in [1.807, 2.05) is 4.90 Å². The van der Waals surface area contributed by atoms with Crippen molar-refractivity contribution >= 4 is 17.3 Å². The largest absolute Gasteiger partial charge is 0.365 e. The number of nitrogens with one attached hydrogen (secondary N) is 1. The van der Waals surface area contributed by atoms with Crippen molar-refractivity contribution in [1.29, 1.82) is 0 Å². The molecular formula is C17H24N4O3. The second-order valence-electron chi connectivity index (χ2n) is 6.75. The van der Waals surface area contributed by atoms with Gasteiger partial charge in [-0.25, -0.2) is 0 Å². The normalized spacial score (nSPS) is 22.2. The first-order valence-electron chi connectivity index (χ1n) is 8.79. The third-order valence-corrected chi connectivity index (χ3v) is 5.06. The fourth-order valence-corrected chi connectivity index (χ4v) is 3.76. The van der Waals surface area contributed by atoms with Crippen LogP contribution in [0.1, 0.15) is 44.9 Å². The molecule has 3 rings (SSSR count). The molecule has 1 unspecified atom stereocenters. The van der Waals surface area contributed by atoms with E-state index in [4.69, 9.17) is 0 Å². The van der Waals surface area contributed by atoms with Crippen LogP contribution in [0.2, 0.25) is 0 Å². The van der Waals surface area contributed by atoms with E-state index in [-0.39, 0.29) is 17.5 Å². The van der Waals surface area contributed by atoms with Gasteiger partial charge in [0.25, 0.3) is 0 Å². The first-order valence-corrected chi connectivity index (χ1v) is 8.79. The molecule has 0 spiro atoms. The second kappa shape index (κ2) is 7.59. The first-order chi connectivity index (χ1) is 11.6. The Morgan fingerprint density at radius 3 is 2.79 bits per heavy atom. The SMILES string of the molecule is O=C(NC1CCCCC1)C1CCCN(c2ccncc2[N+](=O)[O-])C1. The Morgan fingerprint density at radius 1 is 1.25 bits per heavy atom. The number of carbonyl (C=O) groups excluding carboxylic acids is 1. The molecule has 7 heteroatoms. The third kappa shape index (κ3) is 3.83. The number of piperidine rings is 1. The minimum Gasteiger partial charge on any atom is -0.365 e. The highest BCUT2D eigenvalue weighted by atomic mass is 16.6. The van der Waals surface area contributed by atoms with E-state index < -0.39 is 4.92 Å². The number of anilines is 1. The van der Waals surface area contributed by atoms with Gasteiger partial charge in [0.05, 0.1) is 10.8 Å². The van der Waals surface area contributed by atoms with Gasteiger partial charge in [0, 0.05) is 25.3 Å². The van der Waals surface area contributed by atoms with Crippen molar-refractivity contribution in [3.05, 3.63) is 28.6 Å². The molecule has 1 aliphatic carbocycles. The number of amides is 1. The van der Waals surface area contributed by atoms with Crippen LogP contribution in [0.25, 0.3) is 0 Å². The van der Waals surface area contributed by atoms with Crippen molar-refractivity contribution in [3.8, 4) is 0 Å². The van der Waals surface area contributed by atoms with E-state index in [9.17, 15) is 14.9 Å². The quantitative estimate of drug-likeness (QED) is 0.676. The maximum absolute atomic E-state index is 12.6. The summed E-state index contributed by atoms with van der Waals surface area (Å²) >= 11 is 0. The molecule has 7 nitrogen and oxygen atoms in total. The molecule has 1 atom stereocenters. The van der Waals surface area contributed by atoms with Crippen LogP contribution in [0.15, 0.2) is 18.5 Å². The number of hydrogen-bond donors (Lipinski definition) is 1. The Bertz CT molecular complexity index is 601. The van der Waals surface area contributed by atoms with E-state index >= 15 is 0 Å². The summed E-state index contributed by atoms with van der Waals surface area (Å²) in [5.74, 6) is -0.00300. The van der Waals surface area contributed by atoms with Gasteiger partial charge < -0.3 is 10.2 Å². The van der Waals surface area contributed by atoms with Crippen molar-refractivity contribution in [3.63, 3.8) is 0 Å². The van der Waals surface area contributed by atoms with E-state index in [1.165, 1.54) is 25.5 Å². The number of carbonyl (C=O) groups is 1. The minimum absolute atomic E-state index is 0.00541. The molecule has 0 bridgehead atoms. The lowest BCUT2D eigenvalue weighted by atomic mass is 9.93. The highest BCUT2D eigenvalue weighted by molar-refractivity contribution is 5.80. The predicted octanol–water partition coefficient (Wildman–Crippen LogP) is 2.66. The molecule has 2 fully saturated rings. The molecule has 1 aliphatic heterocycles. The van der Waals surface area contributed by atoms with Crippen molar-refractivity contribution in [2.24, 2.45) is 5.92 Å². The molecule has 1 amide bonds. The zero-order chi connectivity index (χ0) is 16.9. The highest BCUT2D eigenvalue weighted by Crippen LogP contribution is 2.30. The number of nitrogens with zero attached hydrogens (tertiary/aromatic N) is 3. The summed E-state index contributed by atoms with van der Waals surface area (Å²) in [6.07, 6.45) is 10.3. The predicted molar refractivity (Wildman–Crippen MR) is 90.8 cm³/mol. The molecule has 1 saturated carbocycles. The van der Waals surface area contributed by atoms with Gasteiger partial charge in [-0.05, 0) is 31.7 Å². The van der Waals surface area contributed by atoms with Gasteiger partial charge in [-0.3, -0.25) is 19.9 Å². The number of hydrogen-bond acceptors (Lipinski definition) is 5. The second-order valence-corrected chi connectivity index (χ2v) is 6.75. The lowest BCUT2D eigenvalue weighted by Crippen LogP contribution is -2.46. The smallest absolute Gasteiger partial charge is 0.310 e. The van der Waals surface area contributed by atoms with E-state index in [2.05, 4.69) is 10.3 Å². The summed E-state index contributed by atoms with van der Waals surface area (Å²) < 4.78 is 0. The topological polar surface area (TPSA) is 88.4 Å². The zero-order valence-electron chi connectivity index (χ0n) is 13.8. The summed E-state index contributed by atoms with van der Waals surface area (Å²) in [6.45, 7) is 1.27. The Kier molecular flexibility index (Phi) is 5.27. The lowest BCUT2D eigenvalue weighted by molar-refractivity contribution is -0.384. The minimum atomic E-state index is -0.409. The van der Waals surface area contributed by atoms with E-state index in [1.54, 1.807) is 12.3 Å². The monoisotopic (exact) mass is 332 g/mol. The number of pyridine rings is 1. The average Bonchev–Trinajstić information content (AvgIpc) is 2.62. The molecule has 1 N–H and O–H groups in total. The van der Waals surface area contributed by atoms with Gasteiger partial charge in [0.2, 0.25) is 5.91 Å². The Balaban J connectivity index is 1.66. The summed E-state index contributed by atoms with van der Waals surface area (Å²) in [5.41, 5.74) is 0.566. The summed E-state index contributed by atoms with van der Waals surface area (Å²) in [4.78, 5) is 29.2. The van der Waals surface area contributed by atoms with Gasteiger partial charge in [-0.15, -0.1) is 0 Å². The van der Waals surface area contributed by atoms with Crippen LogP contribution in [-0.2, 0) is 4.79 Å². The van der Waals surface area contributed by atoms with Gasteiger partial charge in [0.1, 0.15) is 11.9 Å². The molecule has 1 aromatic heterocycles. The Labute approximate surface area is 141 Å². The first kappa shape index (κ1) is 16.7. The van der Waals surface area contributed by atoms with Crippen LogP contribution in [0.5, 0.6) is 0 Å². The molecule has 1 saturated heterocycles. The van der Waals surface area contributed by atoms with Crippen molar-refractivity contribution in [1.82, 2.24) is 10.3 Å². The van der Waals surface area contributed by atoms with Crippen LogP contribution >= 0.6 is 0 Å². The van der Waals surface area contributed by atoms with Crippen LogP contribution in [0.3, 0.4) is 0 Å². The lowest BCUT2D eigenvalue weighted by Gasteiger charge is -2.34. The highest BCUT2D eigenvalue weighted by Gasteiger charge is 2.30. The van der Waals surface area contributed by atoms with E-state index in [0.717, 1.165) is 32.2 Å². The molecular weight excluding hydrogens is 308 g/mol. The third-order valence-electron chi connectivity index (χ3n) is 5.06. The molecule has 2 heterocycles. The van der Waals surface area contributed by atoms with Gasteiger partial charge in [-0.1, -0.05) is 19.3 Å². The number of aromatic nitrogens is 1. The fourth-order valence-electron chi connectivity index (χ4n) is 3.76. The maximum atomic E-state index is 12.6. The molecule has 0 aromatic carbocycles. The Hall–Kier alpha value is -2.18. The summed E-state index contributed by atoms with van der Waals surface area (Å²) in [6, 6.07) is 1.97. The maximum Gasteiger partial charge on any atom is 0.310 e. The van der Waals surface area contributed by atoms with Crippen molar-refractivity contribution in [2.45, 2.75) is 51.0 Å². The van der Waals surface area contributed by atoms with E-state index in [0.29, 0.717) is 18.3 Å². The summed E-state index contributed by atoms with van der Waals surface area (Å²) in [5, 5.41) is 14.4. The molecule has 24 heavy (non-hydrogen) atoms. The number of rotatable bonds is 4. The van der Waals surface area contributed by atoms with Crippen LogP contribution in [0, 0.1) is 16.0 Å². The van der Waals surface area contributed by atoms with Gasteiger partial charge in [0.15, 0.2) is 0 Å². The number of nitro groups is 1. The average molecular weight is 332 g/mol. The van der Waals surface area contributed by atoms with Gasteiger partial charge in [-0.2, -0.15) is 0 Å². The van der Waals surface area contributed by atoms with Crippen LogP contribution in [-0.4, -0.2) is 34.9 Å². The van der Waals surface area contributed by atoms with Crippen LogP contribution < -0.4 is 10.2 Å². The Morgan fingerprint density at radius 2 is 2.04 bits per heavy atom. The summed E-state index contributed by atoms with van der Waals surface area (Å²) in [7, 11) is 0. The molecule has 2 aliphatic rings. The standard InChI is InChI=1S/C17H24N4O3/c22-17(19-14-6-2-1-3-7-14)13-5-4-10-20(12-13)15-8-9-18-11-16(15)21(23)24/h8-9,11,13-14H,1-7,10,12H2,(H,19,22). The van der Waals surface area contributed by atoms with Crippen LogP contribution in [0.4, 0.5) is 11.4 Å². The molecule has 130 valence electrons. The molecule has 1 aromatic rings. The van der Waals surface area contributed by atoms with Crippen molar-refractivity contribution in [2.75, 3.05) is 18.0 Å².